The summed E-state index contributed by atoms with van der Waals surface area (Å²) in [6.45, 7) is 2.61. The van der Waals surface area contributed by atoms with Crippen molar-refractivity contribution in [1.82, 2.24) is 10.2 Å². The number of nitrogens with zero attached hydrogens (tertiary/aromatic N) is 2. The van der Waals surface area contributed by atoms with Crippen LogP contribution in [0.2, 0.25) is 0 Å². The van der Waals surface area contributed by atoms with E-state index < -0.39 is 0 Å². The van der Waals surface area contributed by atoms with E-state index in [0.29, 0.717) is 13.1 Å². The Hall–Kier alpha value is -2.28. The van der Waals surface area contributed by atoms with Gasteiger partial charge in [0.15, 0.2) is 0 Å². The Balaban J connectivity index is 1.64. The van der Waals surface area contributed by atoms with Gasteiger partial charge in [0.25, 0.3) is 0 Å². The van der Waals surface area contributed by atoms with Crippen molar-refractivity contribution in [3.8, 4) is 0 Å². The third kappa shape index (κ3) is 3.56. The predicted molar refractivity (Wildman–Crippen MR) is 87.5 cm³/mol. The monoisotopic (exact) mass is 318 g/mol. The molecule has 23 heavy (non-hydrogen) atoms. The van der Waals surface area contributed by atoms with Crippen LogP contribution < -0.4 is 15.5 Å². The van der Waals surface area contributed by atoms with Crippen molar-refractivity contribution >= 4 is 23.3 Å². The van der Waals surface area contributed by atoms with Gasteiger partial charge in [-0.3, -0.25) is 9.69 Å². The first-order valence-electron chi connectivity index (χ1n) is 7.99. The molecule has 2 fully saturated rings. The number of carbonyl (C=O) groups is 2. The number of nitrogens with one attached hydrogen (secondary N) is 2. The van der Waals surface area contributed by atoms with Gasteiger partial charge in [0.05, 0.1) is 24.0 Å². The van der Waals surface area contributed by atoms with Gasteiger partial charge in [-0.05, 0) is 25.0 Å². The molecule has 2 aliphatic rings. The molecule has 0 spiro atoms. The van der Waals surface area contributed by atoms with Crippen LogP contribution in [0.25, 0.3) is 0 Å². The number of anilines is 2. The Bertz CT molecular complexity index is 584. The molecule has 2 saturated heterocycles. The van der Waals surface area contributed by atoms with E-state index in [0.717, 1.165) is 37.3 Å². The minimum atomic E-state index is -0.324. The number of carbonyl (C=O) groups excluding carboxylic acids is 2. The predicted octanol–water partition coefficient (Wildman–Crippen LogP) is 0.611. The molecule has 7 heteroatoms. The number of aliphatic hydroxyl groups is 1. The zero-order chi connectivity index (χ0) is 16.2. The molecule has 0 atom stereocenters. The van der Waals surface area contributed by atoms with Crippen LogP contribution in [0, 0.1) is 0 Å². The molecule has 1 aromatic carbocycles. The molecule has 3 rings (SSSR count). The lowest BCUT2D eigenvalue weighted by Gasteiger charge is -2.33. The van der Waals surface area contributed by atoms with Crippen LogP contribution in [0.15, 0.2) is 24.3 Å². The van der Waals surface area contributed by atoms with E-state index in [1.165, 1.54) is 4.90 Å². The molecule has 3 N–H and O–H groups in total. The third-order valence-corrected chi connectivity index (χ3v) is 4.30. The summed E-state index contributed by atoms with van der Waals surface area (Å²) in [5.74, 6) is -0.233. The molecule has 1 aromatic rings. The number of benzene rings is 1. The summed E-state index contributed by atoms with van der Waals surface area (Å²) in [5.41, 5.74) is 1.90. The lowest BCUT2D eigenvalue weighted by Crippen LogP contribution is -2.38. The highest BCUT2D eigenvalue weighted by Crippen LogP contribution is 2.28. The second kappa shape index (κ2) is 6.87. The van der Waals surface area contributed by atoms with E-state index in [9.17, 15) is 14.7 Å². The summed E-state index contributed by atoms with van der Waals surface area (Å²) in [5, 5.41) is 15.4. The Labute approximate surface area is 135 Å². The van der Waals surface area contributed by atoms with Gasteiger partial charge >= 0.3 is 6.03 Å². The van der Waals surface area contributed by atoms with Crippen LogP contribution in [0.4, 0.5) is 16.2 Å². The Kier molecular flexibility index (Phi) is 4.66. The SMILES string of the molecule is O=C(CNc1ccccc1N1CCC(O)CC1)N1CCNC1=O. The van der Waals surface area contributed by atoms with Crippen molar-refractivity contribution in [1.29, 1.82) is 0 Å². The number of aliphatic hydroxyl groups excluding tert-OH is 1. The third-order valence-electron chi connectivity index (χ3n) is 4.30. The molecule has 0 bridgehead atoms. The molecule has 0 saturated carbocycles. The average molecular weight is 318 g/mol. The Morgan fingerprint density at radius 1 is 1.26 bits per heavy atom. The van der Waals surface area contributed by atoms with E-state index in [2.05, 4.69) is 15.5 Å². The number of hydrogen-bond donors (Lipinski definition) is 3. The standard InChI is InChI=1S/C16H22N4O3/c21-12-5-8-19(9-6-12)14-4-2-1-3-13(14)18-11-15(22)20-10-7-17-16(20)23/h1-4,12,18,21H,5-11H2,(H,17,23). The van der Waals surface area contributed by atoms with Crippen LogP contribution in [-0.2, 0) is 4.79 Å². The highest BCUT2D eigenvalue weighted by Gasteiger charge is 2.26. The zero-order valence-electron chi connectivity index (χ0n) is 13.0. The molecule has 124 valence electrons. The molecule has 0 unspecified atom stereocenters. The normalized spacial score (nSPS) is 18.9. The summed E-state index contributed by atoms with van der Waals surface area (Å²) in [6, 6.07) is 7.49. The largest absolute Gasteiger partial charge is 0.393 e. The van der Waals surface area contributed by atoms with Gasteiger partial charge in [-0.25, -0.2) is 4.79 Å². The number of urea groups is 1. The van der Waals surface area contributed by atoms with Crippen molar-refractivity contribution in [2.24, 2.45) is 0 Å². The average Bonchev–Trinajstić information content (AvgIpc) is 3.00. The zero-order valence-corrected chi connectivity index (χ0v) is 13.0. The number of rotatable bonds is 4. The minimum absolute atomic E-state index is 0.0842. The summed E-state index contributed by atoms with van der Waals surface area (Å²) in [6.07, 6.45) is 1.28. The maximum atomic E-state index is 12.1. The van der Waals surface area contributed by atoms with Crippen LogP contribution in [0.5, 0.6) is 0 Å². The van der Waals surface area contributed by atoms with Crippen molar-refractivity contribution < 1.29 is 14.7 Å². The summed E-state index contributed by atoms with van der Waals surface area (Å²) in [7, 11) is 0. The topological polar surface area (TPSA) is 84.9 Å². The fraction of sp³-hybridized carbons (Fsp3) is 0.500. The number of piperidine rings is 1. The lowest BCUT2D eigenvalue weighted by atomic mass is 10.1. The number of para-hydroxylation sites is 2. The van der Waals surface area contributed by atoms with Gasteiger partial charge < -0.3 is 20.6 Å². The smallest absolute Gasteiger partial charge is 0.324 e. The van der Waals surface area contributed by atoms with E-state index in [1.807, 2.05) is 24.3 Å². The molecule has 0 radical (unpaired) electrons. The quantitative estimate of drug-likeness (QED) is 0.757. The van der Waals surface area contributed by atoms with Crippen molar-refractivity contribution in [3.63, 3.8) is 0 Å². The van der Waals surface area contributed by atoms with Crippen LogP contribution in [0.3, 0.4) is 0 Å². The van der Waals surface area contributed by atoms with Crippen LogP contribution >= 0.6 is 0 Å². The van der Waals surface area contributed by atoms with Crippen molar-refractivity contribution in [2.45, 2.75) is 18.9 Å². The summed E-state index contributed by atoms with van der Waals surface area (Å²) < 4.78 is 0. The molecular formula is C16H22N4O3. The number of hydrogen-bond acceptors (Lipinski definition) is 5. The highest BCUT2D eigenvalue weighted by atomic mass is 16.3. The molecule has 2 heterocycles. The molecule has 7 nitrogen and oxygen atoms in total. The van der Waals surface area contributed by atoms with Gasteiger partial charge in [-0.15, -0.1) is 0 Å². The fourth-order valence-corrected chi connectivity index (χ4v) is 2.98. The van der Waals surface area contributed by atoms with Gasteiger partial charge in [0, 0.05) is 26.2 Å². The first-order valence-corrected chi connectivity index (χ1v) is 7.99. The second-order valence-electron chi connectivity index (χ2n) is 5.87. The highest BCUT2D eigenvalue weighted by molar-refractivity contribution is 5.97. The molecule has 0 aromatic heterocycles. The lowest BCUT2D eigenvalue weighted by molar-refractivity contribution is -0.125. The maximum absolute atomic E-state index is 12.1. The van der Waals surface area contributed by atoms with E-state index in [4.69, 9.17) is 0 Å². The first kappa shape index (κ1) is 15.6. The molecule has 3 amide bonds. The van der Waals surface area contributed by atoms with Gasteiger partial charge in [0.2, 0.25) is 5.91 Å². The minimum Gasteiger partial charge on any atom is -0.393 e. The Morgan fingerprint density at radius 3 is 2.70 bits per heavy atom. The summed E-state index contributed by atoms with van der Waals surface area (Å²) in [4.78, 5) is 27.1. The fourth-order valence-electron chi connectivity index (χ4n) is 2.98. The maximum Gasteiger partial charge on any atom is 0.324 e. The van der Waals surface area contributed by atoms with Crippen LogP contribution in [-0.4, -0.2) is 60.8 Å². The molecule has 0 aliphatic carbocycles. The van der Waals surface area contributed by atoms with E-state index >= 15 is 0 Å². The van der Waals surface area contributed by atoms with Crippen molar-refractivity contribution in [3.05, 3.63) is 24.3 Å². The van der Waals surface area contributed by atoms with Crippen LogP contribution in [0.1, 0.15) is 12.8 Å². The molecule has 2 aliphatic heterocycles. The number of imide groups is 1. The van der Waals surface area contributed by atoms with Crippen molar-refractivity contribution in [2.75, 3.05) is 42.9 Å². The first-order chi connectivity index (χ1) is 11.1. The van der Waals surface area contributed by atoms with Gasteiger partial charge in [-0.2, -0.15) is 0 Å². The molecular weight excluding hydrogens is 296 g/mol. The van der Waals surface area contributed by atoms with E-state index in [1.54, 1.807) is 0 Å². The van der Waals surface area contributed by atoms with E-state index in [-0.39, 0.29) is 24.6 Å². The summed E-state index contributed by atoms with van der Waals surface area (Å²) >= 11 is 0. The van der Waals surface area contributed by atoms with Gasteiger partial charge in [-0.1, -0.05) is 12.1 Å². The number of amides is 3. The Morgan fingerprint density at radius 2 is 2.00 bits per heavy atom. The second-order valence-corrected chi connectivity index (χ2v) is 5.87. The van der Waals surface area contributed by atoms with Gasteiger partial charge in [0.1, 0.15) is 0 Å².